The zero-order valence-corrected chi connectivity index (χ0v) is 13.1. The number of halogens is 1. The van der Waals surface area contributed by atoms with Gasteiger partial charge in [-0.15, -0.1) is 0 Å². The van der Waals surface area contributed by atoms with Crippen LogP contribution in [-0.4, -0.2) is 20.2 Å². The summed E-state index contributed by atoms with van der Waals surface area (Å²) in [7, 11) is 2.88. The molecule has 0 radical (unpaired) electrons. The van der Waals surface area contributed by atoms with Crippen molar-refractivity contribution in [1.82, 2.24) is 0 Å². The first-order chi connectivity index (χ1) is 11.1. The van der Waals surface area contributed by atoms with E-state index in [0.717, 1.165) is 35.1 Å². The van der Waals surface area contributed by atoms with Crippen molar-refractivity contribution < 1.29 is 18.7 Å². The third-order valence-electron chi connectivity index (χ3n) is 4.04. The Balaban J connectivity index is 2.13. The summed E-state index contributed by atoms with van der Waals surface area (Å²) >= 11 is 0. The molecule has 1 aliphatic carbocycles. The van der Waals surface area contributed by atoms with Crippen LogP contribution in [0.3, 0.4) is 0 Å². The minimum atomic E-state index is -0.371. The predicted molar refractivity (Wildman–Crippen MR) is 86.1 cm³/mol. The van der Waals surface area contributed by atoms with E-state index in [0.29, 0.717) is 11.3 Å². The molecule has 0 saturated carbocycles. The third-order valence-corrected chi connectivity index (χ3v) is 4.04. The van der Waals surface area contributed by atoms with Gasteiger partial charge in [0.2, 0.25) is 0 Å². The normalized spacial score (nSPS) is 13.1. The Kier molecular flexibility index (Phi) is 4.15. The fourth-order valence-corrected chi connectivity index (χ4v) is 2.91. The summed E-state index contributed by atoms with van der Waals surface area (Å²) in [5.41, 5.74) is 4.39. The molecule has 0 N–H and O–H groups in total. The summed E-state index contributed by atoms with van der Waals surface area (Å²) in [5.74, 6) is -0.234. The molecule has 3 rings (SSSR count). The summed E-state index contributed by atoms with van der Waals surface area (Å²) in [6, 6.07) is 10.0. The first kappa shape index (κ1) is 15.3. The van der Waals surface area contributed by atoms with Gasteiger partial charge in [-0.3, -0.25) is 0 Å². The molecule has 1 aliphatic rings. The Morgan fingerprint density at radius 3 is 2.65 bits per heavy atom. The molecule has 2 aromatic rings. The molecule has 2 aromatic carbocycles. The van der Waals surface area contributed by atoms with Gasteiger partial charge in [0.05, 0.1) is 19.8 Å². The molecule has 4 heteroatoms. The summed E-state index contributed by atoms with van der Waals surface area (Å²) in [6.07, 6.45) is 3.89. The summed E-state index contributed by atoms with van der Waals surface area (Å²) in [6.45, 7) is 0. The molecule has 0 atom stereocenters. The molecule has 0 amide bonds. The molecular weight excluding hydrogens is 295 g/mol. The van der Waals surface area contributed by atoms with Gasteiger partial charge in [-0.05, 0) is 53.8 Å². The van der Waals surface area contributed by atoms with Crippen molar-refractivity contribution in [2.75, 3.05) is 14.2 Å². The van der Waals surface area contributed by atoms with E-state index < -0.39 is 0 Å². The van der Waals surface area contributed by atoms with Crippen LogP contribution in [0.25, 0.3) is 5.57 Å². The van der Waals surface area contributed by atoms with Crippen molar-refractivity contribution >= 4 is 11.5 Å². The molecule has 23 heavy (non-hydrogen) atoms. The van der Waals surface area contributed by atoms with Gasteiger partial charge in [-0.1, -0.05) is 12.1 Å². The minimum absolute atomic E-state index is 0.342. The number of carbonyl (C=O) groups is 1. The standard InChI is InChI=1S/C19H17FO3/c1-22-18-11-14(20)8-9-16(18)15-5-3-4-12-6-7-13(10-17(12)15)19(21)23-2/h5-11H,3-4H2,1-2H3. The number of allylic oxidation sites excluding steroid dienone is 1. The Bertz CT molecular complexity index is 793. The largest absolute Gasteiger partial charge is 0.496 e. The highest BCUT2D eigenvalue weighted by atomic mass is 19.1. The fraction of sp³-hybridized carbons (Fsp3) is 0.211. The summed E-state index contributed by atoms with van der Waals surface area (Å²) in [4.78, 5) is 11.8. The molecular formula is C19H17FO3. The van der Waals surface area contributed by atoms with Crippen LogP contribution in [-0.2, 0) is 11.2 Å². The molecule has 0 unspecified atom stereocenters. The Hall–Kier alpha value is -2.62. The van der Waals surface area contributed by atoms with E-state index in [9.17, 15) is 9.18 Å². The Morgan fingerprint density at radius 1 is 1.09 bits per heavy atom. The third kappa shape index (κ3) is 2.84. The molecule has 0 spiro atoms. The average molecular weight is 312 g/mol. The van der Waals surface area contributed by atoms with Crippen molar-refractivity contribution in [3.05, 3.63) is 70.5 Å². The first-order valence-corrected chi connectivity index (χ1v) is 7.39. The van der Waals surface area contributed by atoms with Crippen molar-refractivity contribution in [3.63, 3.8) is 0 Å². The second kappa shape index (κ2) is 6.24. The van der Waals surface area contributed by atoms with Gasteiger partial charge in [0.25, 0.3) is 0 Å². The van der Waals surface area contributed by atoms with Crippen LogP contribution < -0.4 is 4.74 Å². The molecule has 0 fully saturated rings. The number of rotatable bonds is 3. The van der Waals surface area contributed by atoms with Crippen LogP contribution in [0.1, 0.15) is 33.5 Å². The maximum atomic E-state index is 13.5. The topological polar surface area (TPSA) is 35.5 Å². The van der Waals surface area contributed by atoms with Gasteiger partial charge >= 0.3 is 5.97 Å². The number of esters is 1. The van der Waals surface area contributed by atoms with Gasteiger partial charge in [0, 0.05) is 11.6 Å². The van der Waals surface area contributed by atoms with Crippen molar-refractivity contribution in [2.45, 2.75) is 12.8 Å². The highest BCUT2D eigenvalue weighted by Gasteiger charge is 2.19. The van der Waals surface area contributed by atoms with E-state index in [2.05, 4.69) is 6.08 Å². The lowest BCUT2D eigenvalue weighted by molar-refractivity contribution is 0.0600. The molecule has 118 valence electrons. The van der Waals surface area contributed by atoms with Crippen LogP contribution in [0.2, 0.25) is 0 Å². The number of ether oxygens (including phenoxy) is 2. The second-order valence-electron chi connectivity index (χ2n) is 5.36. The van der Waals surface area contributed by atoms with Crippen molar-refractivity contribution in [1.29, 1.82) is 0 Å². The van der Waals surface area contributed by atoms with Crippen LogP contribution >= 0.6 is 0 Å². The summed E-state index contributed by atoms with van der Waals surface area (Å²) in [5, 5.41) is 0. The summed E-state index contributed by atoms with van der Waals surface area (Å²) < 4.78 is 23.6. The Morgan fingerprint density at radius 2 is 1.91 bits per heavy atom. The first-order valence-electron chi connectivity index (χ1n) is 7.39. The number of hydrogen-bond donors (Lipinski definition) is 0. The van der Waals surface area contributed by atoms with E-state index in [-0.39, 0.29) is 11.8 Å². The molecule has 0 saturated heterocycles. The minimum Gasteiger partial charge on any atom is -0.496 e. The van der Waals surface area contributed by atoms with Gasteiger partial charge in [0.15, 0.2) is 0 Å². The SMILES string of the molecule is COC(=O)c1ccc2c(c1)C(c1ccc(F)cc1OC)=CCC2. The maximum absolute atomic E-state index is 13.5. The van der Waals surface area contributed by atoms with Crippen LogP contribution in [0.5, 0.6) is 5.75 Å². The van der Waals surface area contributed by atoms with Crippen LogP contribution in [0.15, 0.2) is 42.5 Å². The number of aryl methyl sites for hydroxylation is 1. The van der Waals surface area contributed by atoms with Gasteiger partial charge in [-0.2, -0.15) is 0 Å². The number of carbonyl (C=O) groups excluding carboxylic acids is 1. The van der Waals surface area contributed by atoms with E-state index in [1.807, 2.05) is 12.1 Å². The quantitative estimate of drug-likeness (QED) is 0.804. The van der Waals surface area contributed by atoms with Gasteiger partial charge in [-0.25, -0.2) is 9.18 Å². The predicted octanol–water partition coefficient (Wildman–Crippen LogP) is 4.00. The zero-order chi connectivity index (χ0) is 16.4. The number of hydrogen-bond acceptors (Lipinski definition) is 3. The fourth-order valence-electron chi connectivity index (χ4n) is 2.91. The van der Waals surface area contributed by atoms with E-state index >= 15 is 0 Å². The monoisotopic (exact) mass is 312 g/mol. The van der Waals surface area contributed by atoms with E-state index in [1.54, 1.807) is 12.1 Å². The zero-order valence-electron chi connectivity index (χ0n) is 13.1. The maximum Gasteiger partial charge on any atom is 0.337 e. The van der Waals surface area contributed by atoms with Gasteiger partial charge in [0.1, 0.15) is 11.6 Å². The average Bonchev–Trinajstić information content (AvgIpc) is 2.60. The smallest absolute Gasteiger partial charge is 0.337 e. The molecule has 0 bridgehead atoms. The molecule has 3 nitrogen and oxygen atoms in total. The highest BCUT2D eigenvalue weighted by molar-refractivity contribution is 5.93. The molecule has 0 aliphatic heterocycles. The van der Waals surface area contributed by atoms with Crippen LogP contribution in [0.4, 0.5) is 4.39 Å². The number of fused-ring (bicyclic) bond motifs is 1. The lowest BCUT2D eigenvalue weighted by Gasteiger charge is -2.20. The van der Waals surface area contributed by atoms with E-state index in [4.69, 9.17) is 9.47 Å². The Labute approximate surface area is 134 Å². The lowest BCUT2D eigenvalue weighted by Crippen LogP contribution is -2.07. The van der Waals surface area contributed by atoms with Crippen molar-refractivity contribution in [3.8, 4) is 5.75 Å². The van der Waals surface area contributed by atoms with Crippen LogP contribution in [0, 0.1) is 5.82 Å². The van der Waals surface area contributed by atoms with Gasteiger partial charge < -0.3 is 9.47 Å². The van der Waals surface area contributed by atoms with E-state index in [1.165, 1.54) is 26.4 Å². The number of benzene rings is 2. The highest BCUT2D eigenvalue weighted by Crippen LogP contribution is 2.37. The molecule has 0 aromatic heterocycles. The number of methoxy groups -OCH3 is 2. The van der Waals surface area contributed by atoms with Crippen molar-refractivity contribution in [2.24, 2.45) is 0 Å². The second-order valence-corrected chi connectivity index (χ2v) is 5.36. The lowest BCUT2D eigenvalue weighted by atomic mass is 9.85. The molecule has 0 heterocycles.